The maximum absolute atomic E-state index is 5.31. The highest BCUT2D eigenvalue weighted by atomic mass is 32.1. The van der Waals surface area contributed by atoms with E-state index in [4.69, 9.17) is 17.0 Å². The minimum absolute atomic E-state index is 0.444. The predicted molar refractivity (Wildman–Crippen MR) is 68.0 cm³/mol. The zero-order valence-corrected chi connectivity index (χ0v) is 10.3. The third-order valence-corrected chi connectivity index (χ3v) is 2.44. The Hall–Kier alpha value is -1.59. The number of nitrogens with one attached hydrogen (secondary N) is 1. The first-order valence-corrected chi connectivity index (χ1v) is 5.79. The Morgan fingerprint density at radius 3 is 2.82 bits per heavy atom. The van der Waals surface area contributed by atoms with E-state index < -0.39 is 0 Å². The van der Waals surface area contributed by atoms with Crippen LogP contribution in [0.25, 0.3) is 11.3 Å². The van der Waals surface area contributed by atoms with Crippen molar-refractivity contribution >= 4 is 12.2 Å². The average Bonchev–Trinajstić information content (AvgIpc) is 2.37. The van der Waals surface area contributed by atoms with Crippen molar-refractivity contribution in [2.45, 2.75) is 13.5 Å². The van der Waals surface area contributed by atoms with Crippen molar-refractivity contribution in [2.75, 3.05) is 6.61 Å². The third-order valence-electron chi connectivity index (χ3n) is 2.23. The number of aromatic nitrogens is 3. The molecule has 4 nitrogen and oxygen atoms in total. The smallest absolute Gasteiger partial charge is 0.134 e. The van der Waals surface area contributed by atoms with Crippen LogP contribution in [0, 0.1) is 4.64 Å². The van der Waals surface area contributed by atoms with Gasteiger partial charge in [-0.3, -0.25) is 4.98 Å². The van der Waals surface area contributed by atoms with Crippen LogP contribution >= 0.6 is 12.2 Å². The summed E-state index contributed by atoms with van der Waals surface area (Å²) < 4.78 is 5.87. The van der Waals surface area contributed by atoms with E-state index in [2.05, 4.69) is 15.0 Å². The van der Waals surface area contributed by atoms with Gasteiger partial charge in [0.2, 0.25) is 0 Å². The van der Waals surface area contributed by atoms with Crippen molar-refractivity contribution in [1.82, 2.24) is 15.0 Å². The fourth-order valence-corrected chi connectivity index (χ4v) is 1.69. The molecule has 0 aromatic carbocycles. The van der Waals surface area contributed by atoms with Crippen LogP contribution in [-0.2, 0) is 11.3 Å². The molecule has 0 radical (unpaired) electrons. The summed E-state index contributed by atoms with van der Waals surface area (Å²) in [5.41, 5.74) is 1.97. The van der Waals surface area contributed by atoms with Gasteiger partial charge in [0.05, 0.1) is 0 Å². The molecule has 0 unspecified atom stereocenters. The molecule has 0 saturated carbocycles. The summed E-state index contributed by atoms with van der Waals surface area (Å²) in [6.07, 6.45) is 3.49. The van der Waals surface area contributed by atoms with Crippen molar-refractivity contribution in [1.29, 1.82) is 0 Å². The molecule has 2 aromatic rings. The zero-order chi connectivity index (χ0) is 12.1. The molecule has 2 aromatic heterocycles. The molecule has 2 heterocycles. The number of rotatable bonds is 4. The van der Waals surface area contributed by atoms with Gasteiger partial charge in [0, 0.05) is 30.3 Å². The van der Waals surface area contributed by atoms with Gasteiger partial charge >= 0.3 is 0 Å². The highest BCUT2D eigenvalue weighted by Gasteiger charge is 2.01. The first-order valence-electron chi connectivity index (χ1n) is 5.38. The van der Waals surface area contributed by atoms with Gasteiger partial charge in [-0.05, 0) is 25.1 Å². The quantitative estimate of drug-likeness (QED) is 0.844. The first-order chi connectivity index (χ1) is 8.29. The Labute approximate surface area is 105 Å². The van der Waals surface area contributed by atoms with Crippen molar-refractivity contribution in [3.05, 3.63) is 41.1 Å². The molecule has 88 valence electrons. The molecule has 0 bridgehead atoms. The Morgan fingerprint density at radius 2 is 2.12 bits per heavy atom. The molecule has 0 fully saturated rings. The van der Waals surface area contributed by atoms with Crippen LogP contribution in [0.15, 0.2) is 30.6 Å². The maximum Gasteiger partial charge on any atom is 0.134 e. The lowest BCUT2D eigenvalue weighted by atomic mass is 10.2. The van der Waals surface area contributed by atoms with E-state index in [1.807, 2.05) is 25.1 Å². The third kappa shape index (κ3) is 3.18. The fourth-order valence-electron chi connectivity index (χ4n) is 1.46. The lowest BCUT2D eigenvalue weighted by Gasteiger charge is -2.05. The van der Waals surface area contributed by atoms with Gasteiger partial charge in [0.25, 0.3) is 0 Å². The van der Waals surface area contributed by atoms with E-state index >= 15 is 0 Å². The summed E-state index contributed by atoms with van der Waals surface area (Å²) in [5.74, 6) is 0.742. The Kier molecular flexibility index (Phi) is 3.95. The summed E-state index contributed by atoms with van der Waals surface area (Å²) in [6, 6.07) is 5.68. The van der Waals surface area contributed by atoms with E-state index in [0.717, 1.165) is 17.1 Å². The van der Waals surface area contributed by atoms with E-state index in [1.165, 1.54) is 0 Å². The number of H-pyrrole nitrogens is 1. The van der Waals surface area contributed by atoms with Crippen LogP contribution in [-0.4, -0.2) is 21.6 Å². The minimum Gasteiger partial charge on any atom is -0.374 e. The molecular formula is C12H13N3OS. The SMILES string of the molecule is CCOCc1nc(=S)cc(-c2ccncc2)[nH]1. The average molecular weight is 247 g/mol. The largest absolute Gasteiger partial charge is 0.374 e. The number of nitrogens with zero attached hydrogens (tertiary/aromatic N) is 2. The van der Waals surface area contributed by atoms with E-state index in [1.54, 1.807) is 12.4 Å². The fraction of sp³-hybridized carbons (Fsp3) is 0.250. The molecule has 2 rings (SSSR count). The molecule has 1 N–H and O–H groups in total. The van der Waals surface area contributed by atoms with E-state index in [9.17, 15) is 0 Å². The van der Waals surface area contributed by atoms with E-state index in [-0.39, 0.29) is 0 Å². The van der Waals surface area contributed by atoms with Gasteiger partial charge in [0.1, 0.15) is 17.1 Å². The lowest BCUT2D eigenvalue weighted by molar-refractivity contribution is 0.128. The normalized spacial score (nSPS) is 10.4. The Balaban J connectivity index is 2.35. The lowest BCUT2D eigenvalue weighted by Crippen LogP contribution is -2.00. The standard InChI is InChI=1S/C12H13N3OS/c1-2-16-8-11-14-10(7-12(17)15-11)9-3-5-13-6-4-9/h3-7H,2,8H2,1H3,(H,14,15,17). The molecule has 5 heteroatoms. The molecule has 17 heavy (non-hydrogen) atoms. The molecule has 0 amide bonds. The maximum atomic E-state index is 5.31. The molecule has 0 atom stereocenters. The summed E-state index contributed by atoms with van der Waals surface area (Å²) in [4.78, 5) is 11.4. The number of hydrogen-bond acceptors (Lipinski definition) is 4. The van der Waals surface area contributed by atoms with Gasteiger partial charge < -0.3 is 9.72 Å². The van der Waals surface area contributed by atoms with E-state index in [0.29, 0.717) is 17.9 Å². The second-order valence-electron chi connectivity index (χ2n) is 3.45. The molecule has 0 saturated heterocycles. The summed E-state index contributed by atoms with van der Waals surface area (Å²) in [7, 11) is 0. The first kappa shape index (κ1) is 11.9. The highest BCUT2D eigenvalue weighted by molar-refractivity contribution is 7.71. The van der Waals surface area contributed by atoms with Gasteiger partial charge in [0.15, 0.2) is 0 Å². The number of ether oxygens (including phenoxy) is 1. The summed E-state index contributed by atoms with van der Waals surface area (Å²) >= 11 is 5.14. The zero-order valence-electron chi connectivity index (χ0n) is 9.51. The molecule has 0 aliphatic heterocycles. The van der Waals surface area contributed by atoms with Crippen molar-refractivity contribution < 1.29 is 4.74 Å². The predicted octanol–water partition coefficient (Wildman–Crippen LogP) is 2.74. The Morgan fingerprint density at radius 1 is 1.35 bits per heavy atom. The molecule has 0 spiro atoms. The second kappa shape index (κ2) is 5.65. The van der Waals surface area contributed by atoms with Crippen LogP contribution in [0.5, 0.6) is 0 Å². The van der Waals surface area contributed by atoms with Gasteiger partial charge in [-0.1, -0.05) is 12.2 Å². The van der Waals surface area contributed by atoms with Gasteiger partial charge in [-0.15, -0.1) is 0 Å². The summed E-state index contributed by atoms with van der Waals surface area (Å²) in [5, 5.41) is 0. The van der Waals surface area contributed by atoms with Crippen LogP contribution in [0.4, 0.5) is 0 Å². The molecular weight excluding hydrogens is 234 g/mol. The van der Waals surface area contributed by atoms with Crippen LogP contribution in [0.3, 0.4) is 0 Å². The van der Waals surface area contributed by atoms with Crippen molar-refractivity contribution in [3.8, 4) is 11.3 Å². The second-order valence-corrected chi connectivity index (χ2v) is 3.87. The topological polar surface area (TPSA) is 50.8 Å². The van der Waals surface area contributed by atoms with Crippen LogP contribution in [0.2, 0.25) is 0 Å². The van der Waals surface area contributed by atoms with Crippen LogP contribution in [0.1, 0.15) is 12.7 Å². The monoisotopic (exact) mass is 247 g/mol. The number of pyridine rings is 1. The van der Waals surface area contributed by atoms with Crippen LogP contribution < -0.4 is 0 Å². The Bertz CT molecular complexity index is 539. The minimum atomic E-state index is 0.444. The van der Waals surface area contributed by atoms with Gasteiger partial charge in [-0.2, -0.15) is 0 Å². The van der Waals surface area contributed by atoms with Crippen molar-refractivity contribution in [3.63, 3.8) is 0 Å². The highest BCUT2D eigenvalue weighted by Crippen LogP contribution is 2.15. The number of hydrogen-bond donors (Lipinski definition) is 1. The van der Waals surface area contributed by atoms with Gasteiger partial charge in [-0.25, -0.2) is 4.98 Å². The number of aromatic amines is 1. The molecule has 0 aliphatic rings. The van der Waals surface area contributed by atoms with Crippen molar-refractivity contribution in [2.24, 2.45) is 0 Å². The summed E-state index contributed by atoms with van der Waals surface area (Å²) in [6.45, 7) is 3.04. The molecule has 0 aliphatic carbocycles.